The van der Waals surface area contributed by atoms with E-state index in [1.165, 1.54) is 4.47 Å². The molecule has 0 spiro atoms. The van der Waals surface area contributed by atoms with Crippen LogP contribution in [0, 0.1) is 0 Å². The van der Waals surface area contributed by atoms with Gasteiger partial charge >= 0.3 is 157 Å². The van der Waals surface area contributed by atoms with Gasteiger partial charge in [-0.15, -0.1) is 0 Å². The van der Waals surface area contributed by atoms with Crippen molar-refractivity contribution in [2.75, 3.05) is 59.4 Å². The standard InChI is InChI=1S/C17H23N5O2.V/c1-20(2)12-21-5-7-22(8-6-21)17-13-9-15(23-3)16(24-4)10-14(13)18-11-19-17;/h9-11H,5-8H2,1-4H3;. The van der Waals surface area contributed by atoms with Gasteiger partial charge in [-0.1, -0.05) is 0 Å². The number of aromatic nitrogens is 2. The minimum absolute atomic E-state index is 0.679. The molecule has 1 fully saturated rings. The molecule has 1 aliphatic heterocycles. The minimum atomic E-state index is 0.679. The van der Waals surface area contributed by atoms with Gasteiger partial charge in [0.1, 0.15) is 0 Å². The number of nitrogens with zero attached hydrogens (tertiary/aromatic N) is 5. The molecule has 133 valence electrons. The molecule has 0 N–H and O–H groups in total. The van der Waals surface area contributed by atoms with Crippen LogP contribution in [-0.2, 0) is 17.0 Å². The Labute approximate surface area is 157 Å². The van der Waals surface area contributed by atoms with E-state index in [1.54, 1.807) is 20.5 Å². The van der Waals surface area contributed by atoms with Crippen LogP contribution in [0.3, 0.4) is 0 Å². The molecule has 0 radical (unpaired) electrons. The fraction of sp³-hybridized carbons (Fsp3) is 0.471. The van der Waals surface area contributed by atoms with Crippen molar-refractivity contribution in [2.45, 2.75) is 0 Å². The van der Waals surface area contributed by atoms with E-state index in [9.17, 15) is 0 Å². The topological polar surface area (TPSA) is 54.0 Å². The Hall–Kier alpha value is -1.67. The summed E-state index contributed by atoms with van der Waals surface area (Å²) in [5.74, 6) is 2.32. The first kappa shape index (κ1) is 18.1. The summed E-state index contributed by atoms with van der Waals surface area (Å²) in [6.45, 7) is 3.74. The summed E-state index contributed by atoms with van der Waals surface area (Å²) in [5, 5.41) is 0.984. The van der Waals surface area contributed by atoms with Crippen molar-refractivity contribution in [3.8, 4) is 11.5 Å². The molecular weight excluding hydrogens is 357 g/mol. The van der Waals surface area contributed by atoms with Crippen molar-refractivity contribution in [3.63, 3.8) is 0 Å². The van der Waals surface area contributed by atoms with E-state index in [0.717, 1.165) is 42.9 Å². The number of rotatable bonds is 5. The van der Waals surface area contributed by atoms with Crippen molar-refractivity contribution in [1.82, 2.24) is 19.8 Å². The van der Waals surface area contributed by atoms with E-state index >= 15 is 0 Å². The van der Waals surface area contributed by atoms with Crippen molar-refractivity contribution >= 4 is 21.2 Å². The maximum atomic E-state index is 5.44. The van der Waals surface area contributed by atoms with Gasteiger partial charge in [-0.2, -0.15) is 0 Å². The summed E-state index contributed by atoms with van der Waals surface area (Å²) in [4.78, 5) is 15.8. The predicted octanol–water partition coefficient (Wildman–Crippen LogP) is 0.965. The molecule has 25 heavy (non-hydrogen) atoms. The summed E-state index contributed by atoms with van der Waals surface area (Å²) in [5.41, 5.74) is 0.859. The molecule has 0 atom stereocenters. The van der Waals surface area contributed by atoms with E-state index in [4.69, 9.17) is 9.47 Å². The van der Waals surface area contributed by atoms with Crippen LogP contribution in [0.5, 0.6) is 11.5 Å². The number of hydrogen-bond donors (Lipinski definition) is 0. The second kappa shape index (κ2) is 7.70. The molecule has 1 aromatic heterocycles. The Morgan fingerprint density at radius 2 is 1.68 bits per heavy atom. The van der Waals surface area contributed by atoms with Crippen LogP contribution in [0.2, 0.25) is 0 Å². The zero-order chi connectivity index (χ0) is 18.0. The summed E-state index contributed by atoms with van der Waals surface area (Å²) in [6.07, 6.45) is 1.62. The van der Waals surface area contributed by atoms with Crippen molar-refractivity contribution in [2.24, 2.45) is 0 Å². The van der Waals surface area contributed by atoms with Gasteiger partial charge in [0, 0.05) is 0 Å². The monoisotopic (exact) mass is 380 g/mol. The summed E-state index contributed by atoms with van der Waals surface area (Å²) < 4.78 is 12.0. The normalized spacial score (nSPS) is 15.6. The second-order valence-corrected chi connectivity index (χ2v) is 6.71. The molecule has 2 heterocycles. The second-order valence-electron chi connectivity index (χ2n) is 6.09. The fourth-order valence-corrected chi connectivity index (χ4v) is 3.33. The SMILES string of the molecule is COc1cc2ncnc(N3CCN([C](=[V])N(C)C)CC3)c2cc1OC. The molecule has 1 saturated heterocycles. The average molecular weight is 380 g/mol. The molecular formula is C17H23N5O2V. The van der Waals surface area contributed by atoms with E-state index in [-0.39, 0.29) is 0 Å². The maximum absolute atomic E-state index is 5.44. The quantitative estimate of drug-likeness (QED) is 0.766. The van der Waals surface area contributed by atoms with Crippen molar-refractivity contribution < 1.29 is 26.5 Å². The van der Waals surface area contributed by atoms with E-state index in [0.29, 0.717) is 11.5 Å². The number of fused-ring (bicyclic) bond motifs is 1. The fourth-order valence-electron chi connectivity index (χ4n) is 3.02. The van der Waals surface area contributed by atoms with Gasteiger partial charge in [-0.05, 0) is 0 Å². The molecule has 7 nitrogen and oxygen atoms in total. The van der Waals surface area contributed by atoms with Crippen LogP contribution in [0.4, 0.5) is 5.82 Å². The molecule has 8 heteroatoms. The summed E-state index contributed by atoms with van der Waals surface area (Å²) in [6, 6.07) is 3.86. The van der Waals surface area contributed by atoms with Crippen LogP contribution < -0.4 is 14.4 Å². The van der Waals surface area contributed by atoms with Crippen LogP contribution in [0.15, 0.2) is 18.5 Å². The molecule has 3 rings (SSSR count). The number of piperazine rings is 1. The van der Waals surface area contributed by atoms with Crippen LogP contribution in [0.1, 0.15) is 0 Å². The zero-order valence-electron chi connectivity index (χ0n) is 15.1. The first-order chi connectivity index (χ1) is 12.0. The van der Waals surface area contributed by atoms with Gasteiger partial charge in [-0.25, -0.2) is 0 Å². The molecule has 0 amide bonds. The van der Waals surface area contributed by atoms with Gasteiger partial charge in [-0.3, -0.25) is 0 Å². The number of methoxy groups -OCH3 is 2. The Bertz CT molecular complexity index is 775. The van der Waals surface area contributed by atoms with E-state index < -0.39 is 0 Å². The van der Waals surface area contributed by atoms with Crippen molar-refractivity contribution in [1.29, 1.82) is 0 Å². The van der Waals surface area contributed by atoms with E-state index in [2.05, 4.69) is 55.7 Å². The number of hydrogen-bond acceptors (Lipinski definition) is 7. The molecule has 1 aliphatic rings. The third-order valence-corrected chi connectivity index (χ3v) is 5.45. The summed E-state index contributed by atoms with van der Waals surface area (Å²) >= 11 is 2.66. The first-order valence-electron chi connectivity index (χ1n) is 8.15. The average Bonchev–Trinajstić information content (AvgIpc) is 2.65. The van der Waals surface area contributed by atoms with Gasteiger partial charge < -0.3 is 0 Å². The van der Waals surface area contributed by atoms with Crippen LogP contribution in [0.25, 0.3) is 10.9 Å². The number of ether oxygens (including phenoxy) is 2. The Morgan fingerprint density at radius 1 is 1.04 bits per heavy atom. The third-order valence-electron chi connectivity index (χ3n) is 4.38. The third kappa shape index (κ3) is 3.65. The van der Waals surface area contributed by atoms with E-state index in [1.807, 2.05) is 12.1 Å². The Morgan fingerprint density at radius 3 is 2.28 bits per heavy atom. The molecule has 2 aromatic rings. The van der Waals surface area contributed by atoms with Crippen LogP contribution >= 0.6 is 0 Å². The Kier molecular flexibility index (Phi) is 5.59. The predicted molar refractivity (Wildman–Crippen MR) is 95.1 cm³/mol. The molecule has 1 aromatic carbocycles. The molecule has 0 unspecified atom stereocenters. The molecule has 0 aliphatic carbocycles. The van der Waals surface area contributed by atoms with Crippen LogP contribution in [-0.4, -0.2) is 78.7 Å². The zero-order valence-corrected chi connectivity index (χ0v) is 16.5. The van der Waals surface area contributed by atoms with Gasteiger partial charge in [0.2, 0.25) is 0 Å². The summed E-state index contributed by atoms with van der Waals surface area (Å²) in [7, 11) is 7.41. The molecule has 0 saturated carbocycles. The number of anilines is 1. The first-order valence-corrected chi connectivity index (χ1v) is 8.85. The Balaban J connectivity index is 1.88. The van der Waals surface area contributed by atoms with Gasteiger partial charge in [0.25, 0.3) is 0 Å². The van der Waals surface area contributed by atoms with Crippen molar-refractivity contribution in [3.05, 3.63) is 18.5 Å². The van der Waals surface area contributed by atoms with Gasteiger partial charge in [0.05, 0.1) is 0 Å². The van der Waals surface area contributed by atoms with Gasteiger partial charge in [0.15, 0.2) is 0 Å². The number of benzene rings is 1. The molecule has 0 bridgehead atoms.